The summed E-state index contributed by atoms with van der Waals surface area (Å²) in [5.74, 6) is 0. The quantitative estimate of drug-likeness (QED) is 0.379. The van der Waals surface area contributed by atoms with Crippen LogP contribution < -0.4 is 5.14 Å². The molecule has 0 saturated carbocycles. The molecule has 0 radical (unpaired) electrons. The van der Waals surface area contributed by atoms with Crippen LogP contribution in [0, 0.1) is 0 Å². The van der Waals surface area contributed by atoms with E-state index in [0.29, 0.717) is 0 Å². The maximum absolute atomic E-state index is 4.78. The molecule has 0 spiro atoms. The van der Waals surface area contributed by atoms with Crippen molar-refractivity contribution < 1.29 is 0 Å². The topological polar surface area (TPSA) is 26.0 Å². The molecule has 2 N–H and O–H groups in total. The maximum Gasteiger partial charge on any atom is 0.0495 e. The van der Waals surface area contributed by atoms with Crippen molar-refractivity contribution >= 4 is 28.9 Å². The van der Waals surface area contributed by atoms with E-state index in [0.717, 1.165) is 11.9 Å². The van der Waals surface area contributed by atoms with Gasteiger partial charge in [0.25, 0.3) is 0 Å². The van der Waals surface area contributed by atoms with Gasteiger partial charge in [-0.3, -0.25) is 5.14 Å². The first-order valence-electron chi connectivity index (χ1n) is 0.707. The summed E-state index contributed by atoms with van der Waals surface area (Å²) in [6.45, 7) is 0. The molecular formula is CH3NS2. The van der Waals surface area contributed by atoms with Gasteiger partial charge < -0.3 is 0 Å². The number of hydrogen-bond acceptors (Lipinski definition) is 3. The van der Waals surface area contributed by atoms with Crippen LogP contribution in [0.2, 0.25) is 0 Å². The molecule has 0 bridgehead atoms. The van der Waals surface area contributed by atoms with Gasteiger partial charge in [0.1, 0.15) is 0 Å². The summed E-state index contributed by atoms with van der Waals surface area (Å²) in [6, 6.07) is 0. The summed E-state index contributed by atoms with van der Waals surface area (Å²) in [5.41, 5.74) is 0. The van der Waals surface area contributed by atoms with Crippen molar-refractivity contribution in [3.05, 3.63) is 0 Å². The first-order chi connectivity index (χ1) is 1.91. The molecule has 24 valence electrons. The predicted octanol–water partition coefficient (Wildman–Crippen LogP) is 0.551. The van der Waals surface area contributed by atoms with E-state index in [4.69, 9.17) is 5.14 Å². The fraction of sp³-hybridized carbons (Fsp3) is 0. The van der Waals surface area contributed by atoms with Crippen molar-refractivity contribution in [3.8, 4) is 0 Å². The fourth-order valence-electron chi connectivity index (χ4n) is 0. The highest BCUT2D eigenvalue weighted by atomic mass is 32.2. The van der Waals surface area contributed by atoms with Crippen molar-refractivity contribution in [3.63, 3.8) is 0 Å². The zero-order chi connectivity index (χ0) is 3.41. The van der Waals surface area contributed by atoms with Crippen LogP contribution in [0.25, 0.3) is 0 Å². The van der Waals surface area contributed by atoms with Crippen LogP contribution in [0.3, 0.4) is 0 Å². The molecule has 0 unspecified atom stereocenters. The van der Waals surface area contributed by atoms with Gasteiger partial charge in [0.2, 0.25) is 0 Å². The number of hydrogen-bond donors (Lipinski definition) is 1. The zero-order valence-corrected chi connectivity index (χ0v) is 3.60. The molecular weight excluding hydrogens is 90.2 g/mol. The van der Waals surface area contributed by atoms with Gasteiger partial charge in [-0.2, -0.15) is 0 Å². The first kappa shape index (κ1) is 4.40. The summed E-state index contributed by atoms with van der Waals surface area (Å²) in [6.07, 6.45) is 0. The molecule has 0 rings (SSSR count). The standard InChI is InChI=1S/CH3NS2/c2-4-1-3/h1H,2H2. The summed E-state index contributed by atoms with van der Waals surface area (Å²) in [7, 11) is 0. The van der Waals surface area contributed by atoms with E-state index in [2.05, 4.69) is 12.2 Å². The van der Waals surface area contributed by atoms with Crippen LogP contribution in [-0.2, 0) is 0 Å². The Morgan fingerprint density at radius 2 is 2.25 bits per heavy atom. The van der Waals surface area contributed by atoms with Crippen molar-refractivity contribution in [2.75, 3.05) is 0 Å². The second-order valence-electron chi connectivity index (χ2n) is 0.232. The zero-order valence-electron chi connectivity index (χ0n) is 1.97. The maximum atomic E-state index is 4.78. The van der Waals surface area contributed by atoms with Crippen molar-refractivity contribution in [2.45, 2.75) is 0 Å². The van der Waals surface area contributed by atoms with Crippen molar-refractivity contribution in [1.29, 1.82) is 0 Å². The minimum atomic E-state index is 1.05. The Morgan fingerprint density at radius 1 is 2.00 bits per heavy atom. The predicted molar refractivity (Wildman–Crippen MR) is 25.4 cm³/mol. The van der Waals surface area contributed by atoms with E-state index >= 15 is 0 Å². The Hall–Kier alpha value is 0.400. The minimum absolute atomic E-state index is 1.05. The van der Waals surface area contributed by atoms with Gasteiger partial charge in [-0.1, -0.05) is 12.2 Å². The molecule has 0 atom stereocenters. The second kappa shape index (κ2) is 3.40. The van der Waals surface area contributed by atoms with Crippen LogP contribution in [0.4, 0.5) is 0 Å². The monoisotopic (exact) mass is 93.0 g/mol. The van der Waals surface area contributed by atoms with E-state index < -0.39 is 0 Å². The molecule has 0 saturated heterocycles. The lowest BCUT2D eigenvalue weighted by Gasteiger charge is -1.58. The Balaban J connectivity index is 2.30. The number of nitrogens with two attached hydrogens (primary N) is 1. The molecule has 0 aromatic carbocycles. The third-order valence-electron chi connectivity index (χ3n) is 0.0556. The molecule has 0 aliphatic heterocycles. The Kier molecular flexibility index (Phi) is 3.74. The normalized spacial score (nSPS) is 6.25. The average molecular weight is 93.2 g/mol. The highest BCUT2D eigenvalue weighted by Gasteiger charge is 1.46. The van der Waals surface area contributed by atoms with E-state index in [-0.39, 0.29) is 0 Å². The van der Waals surface area contributed by atoms with Crippen molar-refractivity contribution in [1.82, 2.24) is 0 Å². The summed E-state index contributed by atoms with van der Waals surface area (Å²) in [5, 5.41) is 4.78. The molecule has 0 fully saturated rings. The Bertz CT molecular complexity index is 20.0. The van der Waals surface area contributed by atoms with Crippen LogP contribution in [0.5, 0.6) is 0 Å². The highest BCUT2D eigenvalue weighted by Crippen LogP contribution is 1.69. The van der Waals surface area contributed by atoms with Crippen LogP contribution in [-0.4, -0.2) is 4.70 Å². The lowest BCUT2D eigenvalue weighted by atomic mass is 11.9. The van der Waals surface area contributed by atoms with Crippen LogP contribution in [0.1, 0.15) is 0 Å². The smallest absolute Gasteiger partial charge is 0.0495 e. The Labute approximate surface area is 34.7 Å². The molecule has 0 aliphatic rings. The molecule has 0 heterocycles. The van der Waals surface area contributed by atoms with Gasteiger partial charge in [-0.25, -0.2) is 0 Å². The van der Waals surface area contributed by atoms with Gasteiger partial charge in [-0.15, -0.1) is 0 Å². The fourth-order valence-corrected chi connectivity index (χ4v) is 0. The van der Waals surface area contributed by atoms with E-state index in [1.54, 1.807) is 0 Å². The van der Waals surface area contributed by atoms with Gasteiger partial charge in [-0.05, 0) is 11.9 Å². The lowest BCUT2D eigenvalue weighted by molar-refractivity contribution is 2.07. The molecule has 1 nitrogen and oxygen atoms in total. The molecule has 0 aliphatic carbocycles. The lowest BCUT2D eigenvalue weighted by Crippen LogP contribution is -1.69. The highest BCUT2D eigenvalue weighted by molar-refractivity contribution is 8.19. The van der Waals surface area contributed by atoms with E-state index in [1.807, 2.05) is 0 Å². The van der Waals surface area contributed by atoms with E-state index in [9.17, 15) is 0 Å². The number of rotatable bonds is 1. The van der Waals surface area contributed by atoms with Gasteiger partial charge >= 0.3 is 0 Å². The second-order valence-corrected chi connectivity index (χ2v) is 1.27. The van der Waals surface area contributed by atoms with Gasteiger partial charge in [0, 0.05) is 4.70 Å². The molecule has 0 aromatic rings. The third-order valence-corrected chi connectivity index (χ3v) is 0.500. The SMILES string of the molecule is NSC=S. The van der Waals surface area contributed by atoms with E-state index in [1.165, 1.54) is 4.70 Å². The Morgan fingerprint density at radius 3 is 2.25 bits per heavy atom. The number of thiocarbonyl (C=S) groups is 1. The molecule has 4 heavy (non-hydrogen) atoms. The van der Waals surface area contributed by atoms with Crippen molar-refractivity contribution in [2.24, 2.45) is 5.14 Å². The van der Waals surface area contributed by atoms with Gasteiger partial charge in [0.15, 0.2) is 0 Å². The summed E-state index contributed by atoms with van der Waals surface area (Å²) >= 11 is 5.31. The average Bonchev–Trinajstić information content (AvgIpc) is 1.37. The van der Waals surface area contributed by atoms with Crippen LogP contribution >= 0.6 is 24.2 Å². The largest absolute Gasteiger partial charge is 0.273 e. The first-order valence-corrected chi connectivity index (χ1v) is 2.12. The molecule has 0 aromatic heterocycles. The molecule has 3 heteroatoms. The summed E-state index contributed by atoms with van der Waals surface area (Å²) < 4.78 is 1.40. The molecule has 0 amide bonds. The minimum Gasteiger partial charge on any atom is -0.273 e. The third kappa shape index (κ3) is 2.40. The summed E-state index contributed by atoms with van der Waals surface area (Å²) in [4.78, 5) is 0. The van der Waals surface area contributed by atoms with Gasteiger partial charge in [0.05, 0.1) is 0 Å². The van der Waals surface area contributed by atoms with Crippen LogP contribution in [0.15, 0.2) is 0 Å².